The van der Waals surface area contributed by atoms with Crippen molar-refractivity contribution >= 4 is 10.0 Å². The zero-order valence-electron chi connectivity index (χ0n) is 8.68. The molecular weight excluding hydrogens is 224 g/mol. The maximum Gasteiger partial charge on any atom is 0.242 e. The highest BCUT2D eigenvalue weighted by Gasteiger charge is 2.26. The van der Waals surface area contributed by atoms with E-state index in [1.807, 2.05) is 6.07 Å². The molecule has 1 N–H and O–H groups in total. The maximum absolute atomic E-state index is 12.0. The van der Waals surface area contributed by atoms with Gasteiger partial charge in [0.15, 0.2) is 0 Å². The van der Waals surface area contributed by atoms with Gasteiger partial charge < -0.3 is 0 Å². The van der Waals surface area contributed by atoms with Crippen molar-refractivity contribution in [2.75, 3.05) is 0 Å². The molecule has 0 aliphatic heterocycles. The van der Waals surface area contributed by atoms with E-state index in [4.69, 9.17) is 5.26 Å². The summed E-state index contributed by atoms with van der Waals surface area (Å²) >= 11 is 0. The van der Waals surface area contributed by atoms with Crippen LogP contribution in [0.5, 0.6) is 0 Å². The summed E-state index contributed by atoms with van der Waals surface area (Å²) in [7, 11) is -3.54. The maximum atomic E-state index is 12.0. The van der Waals surface area contributed by atoms with Gasteiger partial charge in [0, 0.05) is 6.04 Å². The molecule has 1 fully saturated rings. The van der Waals surface area contributed by atoms with Crippen molar-refractivity contribution in [1.29, 1.82) is 5.26 Å². The van der Waals surface area contributed by atoms with E-state index in [0.29, 0.717) is 0 Å². The molecule has 16 heavy (non-hydrogen) atoms. The molecule has 5 heteroatoms. The first kappa shape index (κ1) is 11.1. The standard InChI is InChI=1S/C11H12N2O2S/c12-8-9-4-1-2-7-11(9)16(14,15)13-10-5-3-6-10/h1-2,4,7,10,13H,3,5-6H2. The van der Waals surface area contributed by atoms with Crippen LogP contribution in [0.15, 0.2) is 29.2 Å². The highest BCUT2D eigenvalue weighted by molar-refractivity contribution is 7.89. The monoisotopic (exact) mass is 236 g/mol. The summed E-state index contributed by atoms with van der Waals surface area (Å²) in [5, 5.41) is 8.84. The smallest absolute Gasteiger partial charge is 0.208 e. The molecule has 0 amide bonds. The van der Waals surface area contributed by atoms with Gasteiger partial charge in [0.25, 0.3) is 0 Å². The number of nitrogens with zero attached hydrogens (tertiary/aromatic N) is 1. The van der Waals surface area contributed by atoms with Crippen LogP contribution in [0.25, 0.3) is 0 Å². The fourth-order valence-corrected chi connectivity index (χ4v) is 3.06. The first-order chi connectivity index (χ1) is 7.63. The highest BCUT2D eigenvalue weighted by Crippen LogP contribution is 2.22. The van der Waals surface area contributed by atoms with Crippen molar-refractivity contribution in [1.82, 2.24) is 4.72 Å². The van der Waals surface area contributed by atoms with Crippen LogP contribution < -0.4 is 4.72 Å². The number of hydrogen-bond donors (Lipinski definition) is 1. The second kappa shape index (κ2) is 4.24. The van der Waals surface area contributed by atoms with Crippen molar-refractivity contribution in [3.63, 3.8) is 0 Å². The fraction of sp³-hybridized carbons (Fsp3) is 0.364. The molecule has 0 spiro atoms. The van der Waals surface area contributed by atoms with Gasteiger partial charge in [-0.05, 0) is 25.0 Å². The van der Waals surface area contributed by atoms with E-state index in [9.17, 15) is 8.42 Å². The Labute approximate surface area is 95.0 Å². The van der Waals surface area contributed by atoms with Crippen LogP contribution >= 0.6 is 0 Å². The predicted octanol–water partition coefficient (Wildman–Crippen LogP) is 1.39. The van der Waals surface area contributed by atoms with Gasteiger partial charge >= 0.3 is 0 Å². The molecule has 0 heterocycles. The Morgan fingerprint density at radius 3 is 2.56 bits per heavy atom. The Morgan fingerprint density at radius 1 is 1.31 bits per heavy atom. The Balaban J connectivity index is 2.31. The van der Waals surface area contributed by atoms with Crippen molar-refractivity contribution in [2.24, 2.45) is 0 Å². The normalized spacial score (nSPS) is 16.4. The Kier molecular flexibility index (Phi) is 2.95. The molecule has 0 saturated heterocycles. The van der Waals surface area contributed by atoms with Crippen molar-refractivity contribution in [2.45, 2.75) is 30.2 Å². The topological polar surface area (TPSA) is 70.0 Å². The van der Waals surface area contributed by atoms with Crippen LogP contribution in [0.2, 0.25) is 0 Å². The van der Waals surface area contributed by atoms with Gasteiger partial charge in [0.1, 0.15) is 6.07 Å². The molecule has 1 aliphatic carbocycles. The second-order valence-corrected chi connectivity index (χ2v) is 5.54. The van der Waals surface area contributed by atoms with Crippen molar-refractivity contribution in [3.05, 3.63) is 29.8 Å². The molecule has 0 bridgehead atoms. The van der Waals surface area contributed by atoms with Gasteiger partial charge in [0.2, 0.25) is 10.0 Å². The Hall–Kier alpha value is -1.38. The van der Waals surface area contributed by atoms with Crippen molar-refractivity contribution < 1.29 is 8.42 Å². The number of sulfonamides is 1. The molecule has 1 aromatic carbocycles. The predicted molar refractivity (Wildman–Crippen MR) is 59.1 cm³/mol. The van der Waals surface area contributed by atoms with Gasteiger partial charge in [-0.1, -0.05) is 18.6 Å². The number of nitriles is 1. The summed E-state index contributed by atoms with van der Waals surface area (Å²) < 4.78 is 26.5. The van der Waals surface area contributed by atoms with Gasteiger partial charge in [-0.3, -0.25) is 0 Å². The van der Waals surface area contributed by atoms with Gasteiger partial charge in [-0.15, -0.1) is 0 Å². The van der Waals surface area contributed by atoms with Crippen LogP contribution in [0.4, 0.5) is 0 Å². The van der Waals surface area contributed by atoms with Crippen LogP contribution in [0.1, 0.15) is 24.8 Å². The highest BCUT2D eigenvalue weighted by atomic mass is 32.2. The van der Waals surface area contributed by atoms with E-state index in [1.165, 1.54) is 12.1 Å². The molecule has 0 aromatic heterocycles. The lowest BCUT2D eigenvalue weighted by Crippen LogP contribution is -2.39. The van der Waals surface area contributed by atoms with Crippen LogP contribution in [-0.4, -0.2) is 14.5 Å². The molecule has 84 valence electrons. The lowest BCUT2D eigenvalue weighted by molar-refractivity contribution is 0.383. The second-order valence-electron chi connectivity index (χ2n) is 3.86. The van der Waals surface area contributed by atoms with Crippen LogP contribution in [0, 0.1) is 11.3 Å². The molecule has 0 atom stereocenters. The van der Waals surface area contributed by atoms with Gasteiger partial charge in [-0.2, -0.15) is 5.26 Å². The summed E-state index contributed by atoms with van der Waals surface area (Å²) in [6, 6.07) is 8.17. The number of rotatable bonds is 3. The summed E-state index contributed by atoms with van der Waals surface area (Å²) in [6.45, 7) is 0. The lowest BCUT2D eigenvalue weighted by atomic mass is 9.94. The van der Waals surface area contributed by atoms with Crippen LogP contribution in [0.3, 0.4) is 0 Å². The molecule has 1 aliphatic rings. The van der Waals surface area contributed by atoms with Gasteiger partial charge in [0.05, 0.1) is 10.5 Å². The van der Waals surface area contributed by atoms with E-state index >= 15 is 0 Å². The van der Waals surface area contributed by atoms with E-state index in [0.717, 1.165) is 19.3 Å². The molecule has 0 unspecified atom stereocenters. The Morgan fingerprint density at radius 2 is 2.00 bits per heavy atom. The molecule has 4 nitrogen and oxygen atoms in total. The molecule has 0 radical (unpaired) electrons. The number of nitrogens with one attached hydrogen (secondary N) is 1. The molecule has 2 rings (SSSR count). The first-order valence-electron chi connectivity index (χ1n) is 5.15. The molecular formula is C11H12N2O2S. The van der Waals surface area contributed by atoms with Crippen LogP contribution in [-0.2, 0) is 10.0 Å². The van der Waals surface area contributed by atoms with E-state index in [1.54, 1.807) is 12.1 Å². The van der Waals surface area contributed by atoms with Gasteiger partial charge in [-0.25, -0.2) is 13.1 Å². The molecule has 1 aromatic rings. The molecule has 1 saturated carbocycles. The zero-order chi connectivity index (χ0) is 11.6. The third kappa shape index (κ3) is 2.08. The minimum Gasteiger partial charge on any atom is -0.208 e. The minimum absolute atomic E-state index is 0.0387. The third-order valence-electron chi connectivity index (χ3n) is 2.72. The minimum atomic E-state index is -3.54. The van der Waals surface area contributed by atoms with E-state index in [2.05, 4.69) is 4.72 Å². The lowest BCUT2D eigenvalue weighted by Gasteiger charge is -2.26. The third-order valence-corrected chi connectivity index (χ3v) is 4.30. The first-order valence-corrected chi connectivity index (χ1v) is 6.63. The Bertz CT molecular complexity index is 527. The fourth-order valence-electron chi connectivity index (χ4n) is 1.60. The van der Waals surface area contributed by atoms with E-state index in [-0.39, 0.29) is 16.5 Å². The average molecular weight is 236 g/mol. The summed E-state index contributed by atoms with van der Waals surface area (Å²) in [5.74, 6) is 0. The average Bonchev–Trinajstić information content (AvgIpc) is 2.24. The van der Waals surface area contributed by atoms with Crippen molar-refractivity contribution in [3.8, 4) is 6.07 Å². The zero-order valence-corrected chi connectivity index (χ0v) is 9.50. The summed E-state index contributed by atoms with van der Waals surface area (Å²) in [6.07, 6.45) is 2.83. The summed E-state index contributed by atoms with van der Waals surface area (Å²) in [4.78, 5) is 0.0735. The van der Waals surface area contributed by atoms with E-state index < -0.39 is 10.0 Å². The number of hydrogen-bond acceptors (Lipinski definition) is 3. The summed E-state index contributed by atoms with van der Waals surface area (Å²) in [5.41, 5.74) is 0.189. The number of benzene rings is 1. The largest absolute Gasteiger partial charge is 0.242 e. The quantitative estimate of drug-likeness (QED) is 0.862. The SMILES string of the molecule is N#Cc1ccccc1S(=O)(=O)NC1CCC1.